The molecule has 0 aliphatic carbocycles. The number of fused-ring (bicyclic) bond motifs is 15. The number of para-hydroxylation sites is 2. The molecule has 0 spiro atoms. The summed E-state index contributed by atoms with van der Waals surface area (Å²) in [4.78, 5) is 2.69. The summed E-state index contributed by atoms with van der Waals surface area (Å²) < 4.78 is 5.33. The minimum atomic E-state index is -0.272. The SMILES string of the molecule is CC(C)(C)c1ccc2c(c1)c1cc(C(C)(C)C)ccc1n2-c1cc2c3c(c1)-n1c4cc(C(C)(C)C)ccc4c4cc5c(-c6ccccc6)c6ccccc6c(-c6ccccc6)c5c(c41)B3c1cccc3c1N2c1ccccc1C3(C)C. The first-order valence-corrected chi connectivity index (χ1v) is 29.3. The molecule has 0 saturated heterocycles. The van der Waals surface area contributed by atoms with Crippen LogP contribution in [0.5, 0.6) is 0 Å². The first kappa shape index (κ1) is 48.3. The average molecular weight is 1040 g/mol. The van der Waals surface area contributed by atoms with Gasteiger partial charge in [-0.15, -0.1) is 0 Å². The molecule has 13 aromatic rings. The van der Waals surface area contributed by atoms with Crippen molar-refractivity contribution in [2.75, 3.05) is 4.90 Å². The lowest BCUT2D eigenvalue weighted by molar-refractivity contribution is 0.590. The van der Waals surface area contributed by atoms with Gasteiger partial charge in [-0.1, -0.05) is 222 Å². The van der Waals surface area contributed by atoms with Crippen molar-refractivity contribution in [1.29, 1.82) is 0 Å². The minimum absolute atomic E-state index is 0.0192. The molecule has 0 N–H and O–H groups in total. The predicted molar refractivity (Wildman–Crippen MR) is 349 cm³/mol. The molecule has 0 radical (unpaired) electrons. The maximum Gasteiger partial charge on any atom is 0.253 e. The highest BCUT2D eigenvalue weighted by atomic mass is 15.2. The van der Waals surface area contributed by atoms with E-state index in [-0.39, 0.29) is 28.4 Å². The molecule has 81 heavy (non-hydrogen) atoms. The van der Waals surface area contributed by atoms with Crippen molar-refractivity contribution in [3.63, 3.8) is 0 Å². The van der Waals surface area contributed by atoms with E-state index in [1.54, 1.807) is 0 Å². The summed E-state index contributed by atoms with van der Waals surface area (Å²) >= 11 is 0. The first-order chi connectivity index (χ1) is 38.9. The third kappa shape index (κ3) is 6.59. The van der Waals surface area contributed by atoms with Gasteiger partial charge in [0.15, 0.2) is 0 Å². The van der Waals surface area contributed by atoms with Crippen molar-refractivity contribution in [2.45, 2.75) is 97.8 Å². The lowest BCUT2D eigenvalue weighted by Crippen LogP contribution is -2.61. The van der Waals surface area contributed by atoms with Crippen LogP contribution in [0.2, 0.25) is 0 Å². The van der Waals surface area contributed by atoms with Crippen LogP contribution in [0, 0.1) is 0 Å². The smallest absolute Gasteiger partial charge is 0.253 e. The third-order valence-electron chi connectivity index (χ3n) is 19.1. The molecule has 5 heterocycles. The van der Waals surface area contributed by atoms with E-state index in [9.17, 15) is 0 Å². The van der Waals surface area contributed by atoms with Crippen LogP contribution in [0.1, 0.15) is 104 Å². The van der Waals surface area contributed by atoms with Crippen LogP contribution in [0.4, 0.5) is 17.1 Å². The van der Waals surface area contributed by atoms with Gasteiger partial charge in [0.25, 0.3) is 6.71 Å². The van der Waals surface area contributed by atoms with E-state index < -0.39 is 0 Å². The van der Waals surface area contributed by atoms with Crippen LogP contribution in [-0.2, 0) is 21.7 Å². The van der Waals surface area contributed by atoms with Crippen LogP contribution in [0.3, 0.4) is 0 Å². The molecular weight excluding hydrogens is 978 g/mol. The molecule has 3 aliphatic heterocycles. The Morgan fingerprint density at radius 3 is 1.56 bits per heavy atom. The molecule has 11 aromatic carbocycles. The fourth-order valence-corrected chi connectivity index (χ4v) is 15.0. The van der Waals surface area contributed by atoms with E-state index in [0.717, 1.165) is 5.69 Å². The van der Waals surface area contributed by atoms with Gasteiger partial charge in [-0.2, -0.15) is 0 Å². The summed E-state index contributed by atoms with van der Waals surface area (Å²) in [6.07, 6.45) is 0. The van der Waals surface area contributed by atoms with Crippen molar-refractivity contribution in [3.8, 4) is 33.6 Å². The van der Waals surface area contributed by atoms with E-state index >= 15 is 0 Å². The lowest BCUT2D eigenvalue weighted by atomic mass is 9.32. The monoisotopic (exact) mass is 1040 g/mol. The Balaban J connectivity index is 1.16. The Morgan fingerprint density at radius 1 is 0.370 bits per heavy atom. The number of hydrogen-bond donors (Lipinski definition) is 0. The quantitative estimate of drug-likeness (QED) is 0.127. The normalized spacial score (nSPS) is 14.4. The second kappa shape index (κ2) is 16.3. The molecule has 392 valence electrons. The molecule has 3 nitrogen and oxygen atoms in total. The summed E-state index contributed by atoms with van der Waals surface area (Å²) in [5, 5.41) is 10.3. The van der Waals surface area contributed by atoms with Crippen molar-refractivity contribution >= 4 is 105 Å². The Kier molecular flexibility index (Phi) is 9.72. The highest BCUT2D eigenvalue weighted by Crippen LogP contribution is 2.55. The molecule has 0 unspecified atom stereocenters. The molecule has 0 bridgehead atoms. The molecule has 0 amide bonds. The standard InChI is InChI=1S/C77H66BN3/c1-74(2,3)47-34-37-61-54(39-47)55-40-48(75(4,5)6)35-38-62(55)79(61)50-42-65-70-66(43-50)81-64-41-49(76(7,8)9)33-36-51(64)56-44-57-67(45-23-14-12-15-24-45)52-27-18-19-28-53(52)68(46-25-16-13-17-26-46)69(57)71(72(56)81)78(70)60-31-22-30-59-73(60)80(65)63-32-21-20-29-58(63)77(59,10)11/h12-44H,1-11H3. The van der Waals surface area contributed by atoms with Crippen molar-refractivity contribution in [2.24, 2.45) is 0 Å². The number of anilines is 3. The third-order valence-corrected chi connectivity index (χ3v) is 19.1. The van der Waals surface area contributed by atoms with Gasteiger partial charge in [0.05, 0.1) is 33.4 Å². The first-order valence-electron chi connectivity index (χ1n) is 29.3. The number of rotatable bonds is 3. The van der Waals surface area contributed by atoms with Gasteiger partial charge in [-0.05, 0) is 159 Å². The van der Waals surface area contributed by atoms with Crippen LogP contribution < -0.4 is 21.3 Å². The van der Waals surface area contributed by atoms with E-state index in [4.69, 9.17) is 0 Å². The van der Waals surface area contributed by atoms with Gasteiger partial charge in [-0.25, -0.2) is 0 Å². The molecule has 4 heteroatoms. The summed E-state index contributed by atoms with van der Waals surface area (Å²) in [6, 6.07) is 77.9. The van der Waals surface area contributed by atoms with Crippen molar-refractivity contribution in [1.82, 2.24) is 9.13 Å². The van der Waals surface area contributed by atoms with E-state index in [2.05, 4.69) is 290 Å². The Hall–Kier alpha value is -8.60. The fraction of sp³-hybridized carbons (Fsp3) is 0.195. The highest BCUT2D eigenvalue weighted by molar-refractivity contribution is 7.02. The summed E-state index contributed by atoms with van der Waals surface area (Å²) in [5.41, 5.74) is 26.6. The molecule has 16 rings (SSSR count). The van der Waals surface area contributed by atoms with E-state index in [0.29, 0.717) is 0 Å². The van der Waals surface area contributed by atoms with E-state index in [1.165, 1.54) is 154 Å². The molecule has 0 atom stereocenters. The summed E-state index contributed by atoms with van der Waals surface area (Å²) in [5.74, 6) is 0. The lowest BCUT2D eigenvalue weighted by Gasteiger charge is -2.48. The number of benzene rings is 11. The number of aromatic nitrogens is 2. The fourth-order valence-electron chi connectivity index (χ4n) is 15.0. The summed E-state index contributed by atoms with van der Waals surface area (Å²) in [6.45, 7) is 25.9. The molecule has 3 aliphatic rings. The van der Waals surface area contributed by atoms with Gasteiger partial charge in [0.2, 0.25) is 0 Å². The number of hydrogen-bond acceptors (Lipinski definition) is 1. The molecular formula is C77H66BN3. The van der Waals surface area contributed by atoms with Gasteiger partial charge in [0.1, 0.15) is 0 Å². The molecule has 2 aromatic heterocycles. The highest BCUT2D eigenvalue weighted by Gasteiger charge is 2.49. The zero-order chi connectivity index (χ0) is 55.4. The zero-order valence-corrected chi connectivity index (χ0v) is 48.5. The minimum Gasteiger partial charge on any atom is -0.311 e. The average Bonchev–Trinajstić information content (AvgIpc) is 4.22. The zero-order valence-electron chi connectivity index (χ0n) is 48.5. The van der Waals surface area contributed by atoms with Crippen LogP contribution >= 0.6 is 0 Å². The Bertz CT molecular complexity index is 4820. The second-order valence-corrected chi connectivity index (χ2v) is 27.3. The maximum atomic E-state index is 2.73. The van der Waals surface area contributed by atoms with Crippen molar-refractivity contribution in [3.05, 3.63) is 228 Å². The topological polar surface area (TPSA) is 13.1 Å². The molecule has 0 saturated carbocycles. The van der Waals surface area contributed by atoms with Gasteiger partial charge in [-0.3, -0.25) is 0 Å². The maximum absolute atomic E-state index is 2.73. The summed E-state index contributed by atoms with van der Waals surface area (Å²) in [7, 11) is 0. The van der Waals surface area contributed by atoms with E-state index in [1.807, 2.05) is 0 Å². The second-order valence-electron chi connectivity index (χ2n) is 27.3. The van der Waals surface area contributed by atoms with Crippen LogP contribution in [0.15, 0.2) is 200 Å². The predicted octanol–water partition coefficient (Wildman–Crippen LogP) is 18.7. The largest absolute Gasteiger partial charge is 0.311 e. The number of nitrogens with zero attached hydrogens (tertiary/aromatic N) is 3. The van der Waals surface area contributed by atoms with Crippen LogP contribution in [0.25, 0.3) is 98.8 Å². The molecule has 0 fully saturated rings. The van der Waals surface area contributed by atoms with Gasteiger partial charge >= 0.3 is 0 Å². The van der Waals surface area contributed by atoms with Gasteiger partial charge in [0, 0.05) is 44.0 Å². The van der Waals surface area contributed by atoms with Gasteiger partial charge < -0.3 is 14.0 Å². The van der Waals surface area contributed by atoms with Crippen LogP contribution in [-0.4, -0.2) is 15.8 Å². The Labute approximate surface area is 476 Å². The Morgan fingerprint density at radius 2 is 0.914 bits per heavy atom. The van der Waals surface area contributed by atoms with Crippen molar-refractivity contribution < 1.29 is 0 Å².